The fourth-order valence-electron chi connectivity index (χ4n) is 1.32. The number of hydrogen-bond donors (Lipinski definition) is 1. The van der Waals surface area contributed by atoms with Crippen LogP contribution >= 0.6 is 15.9 Å². The Morgan fingerprint density at radius 3 is 2.75 bits per heavy atom. The van der Waals surface area contributed by atoms with Gasteiger partial charge in [0.15, 0.2) is 6.29 Å². The zero-order chi connectivity index (χ0) is 11.4. The third-order valence-electron chi connectivity index (χ3n) is 2.12. The Labute approximate surface area is 102 Å². The van der Waals surface area contributed by atoms with Crippen LogP contribution in [-0.2, 0) is 0 Å². The lowest BCUT2D eigenvalue weighted by molar-refractivity contribution is 0.112. The smallest absolute Gasteiger partial charge is 0.153 e. The fraction of sp³-hybridized carbons (Fsp3) is 0. The summed E-state index contributed by atoms with van der Waals surface area (Å²) in [5, 5.41) is 3.17. The number of carbonyl (C=O) groups is 1. The van der Waals surface area contributed by atoms with Crippen molar-refractivity contribution in [3.8, 4) is 0 Å². The molecule has 0 fully saturated rings. The van der Waals surface area contributed by atoms with E-state index in [0.717, 1.165) is 22.1 Å². The maximum atomic E-state index is 10.8. The summed E-state index contributed by atoms with van der Waals surface area (Å²) in [4.78, 5) is 14.7. The van der Waals surface area contributed by atoms with Crippen LogP contribution < -0.4 is 5.32 Å². The number of halogens is 1. The molecule has 16 heavy (non-hydrogen) atoms. The van der Waals surface area contributed by atoms with Crippen LogP contribution in [0.1, 0.15) is 10.4 Å². The molecule has 0 radical (unpaired) electrons. The first-order chi connectivity index (χ1) is 7.81. The monoisotopic (exact) mass is 276 g/mol. The minimum absolute atomic E-state index is 0.540. The van der Waals surface area contributed by atoms with Crippen molar-refractivity contribution in [2.24, 2.45) is 0 Å². The van der Waals surface area contributed by atoms with E-state index in [0.29, 0.717) is 5.56 Å². The van der Waals surface area contributed by atoms with Crippen LogP contribution in [0.5, 0.6) is 0 Å². The maximum absolute atomic E-state index is 10.8. The topological polar surface area (TPSA) is 42.0 Å². The summed E-state index contributed by atoms with van der Waals surface area (Å²) >= 11 is 3.43. The number of nitrogens with one attached hydrogen (secondary N) is 1. The summed E-state index contributed by atoms with van der Waals surface area (Å²) < 4.78 is 0.948. The highest BCUT2D eigenvalue weighted by Gasteiger charge is 2.03. The molecule has 0 aliphatic carbocycles. The summed E-state index contributed by atoms with van der Waals surface area (Å²) in [6.07, 6.45) is 3.96. The second kappa shape index (κ2) is 4.90. The Bertz CT molecular complexity index is 514. The Balaban J connectivity index is 2.34. The largest absolute Gasteiger partial charge is 0.354 e. The second-order valence-electron chi connectivity index (χ2n) is 3.19. The number of carbonyl (C=O) groups excluding carboxylic acids is 1. The maximum Gasteiger partial charge on any atom is 0.153 e. The number of rotatable bonds is 3. The van der Waals surface area contributed by atoms with Gasteiger partial charge in [-0.15, -0.1) is 0 Å². The molecule has 0 amide bonds. The molecule has 3 nitrogen and oxygen atoms in total. The Hall–Kier alpha value is -1.68. The van der Waals surface area contributed by atoms with Crippen LogP contribution in [-0.4, -0.2) is 11.3 Å². The molecule has 1 aromatic carbocycles. The lowest BCUT2D eigenvalue weighted by Gasteiger charge is -2.09. The number of pyridine rings is 1. The molecule has 1 aromatic heterocycles. The zero-order valence-corrected chi connectivity index (χ0v) is 9.94. The summed E-state index contributed by atoms with van der Waals surface area (Å²) in [6.45, 7) is 0. The highest BCUT2D eigenvalue weighted by molar-refractivity contribution is 9.10. The lowest BCUT2D eigenvalue weighted by Crippen LogP contribution is -1.96. The van der Waals surface area contributed by atoms with Crippen LogP contribution in [0.2, 0.25) is 0 Å². The van der Waals surface area contributed by atoms with E-state index in [1.54, 1.807) is 12.3 Å². The SMILES string of the molecule is O=Cc1cnccc1Nc1ccccc1Br. The van der Waals surface area contributed by atoms with Gasteiger partial charge in [-0.25, -0.2) is 0 Å². The van der Waals surface area contributed by atoms with Gasteiger partial charge in [0.05, 0.1) is 16.9 Å². The fourth-order valence-corrected chi connectivity index (χ4v) is 1.71. The van der Waals surface area contributed by atoms with Gasteiger partial charge in [-0.1, -0.05) is 12.1 Å². The molecular weight excluding hydrogens is 268 g/mol. The highest BCUT2D eigenvalue weighted by atomic mass is 79.9. The number of anilines is 2. The zero-order valence-electron chi connectivity index (χ0n) is 8.35. The number of aldehydes is 1. The quantitative estimate of drug-likeness (QED) is 0.874. The van der Waals surface area contributed by atoms with Crippen molar-refractivity contribution in [3.05, 3.63) is 52.8 Å². The molecule has 0 saturated carbocycles. The molecule has 2 aromatic rings. The van der Waals surface area contributed by atoms with Gasteiger partial charge in [0.1, 0.15) is 0 Å². The summed E-state index contributed by atoms with van der Waals surface area (Å²) in [5.74, 6) is 0. The van der Waals surface area contributed by atoms with Crippen LogP contribution in [0.15, 0.2) is 47.2 Å². The van der Waals surface area contributed by atoms with E-state index in [1.165, 1.54) is 6.20 Å². The van der Waals surface area contributed by atoms with E-state index in [2.05, 4.69) is 26.2 Å². The third-order valence-corrected chi connectivity index (χ3v) is 2.81. The number of para-hydroxylation sites is 1. The van der Waals surface area contributed by atoms with Crippen LogP contribution in [0.4, 0.5) is 11.4 Å². The summed E-state index contributed by atoms with van der Waals surface area (Å²) in [7, 11) is 0. The second-order valence-corrected chi connectivity index (χ2v) is 4.04. The molecule has 0 aliphatic rings. The van der Waals surface area contributed by atoms with E-state index >= 15 is 0 Å². The predicted molar refractivity (Wildman–Crippen MR) is 67.0 cm³/mol. The Morgan fingerprint density at radius 1 is 1.19 bits per heavy atom. The Kier molecular flexibility index (Phi) is 3.31. The van der Waals surface area contributed by atoms with Gasteiger partial charge in [0.2, 0.25) is 0 Å². The third kappa shape index (κ3) is 2.28. The van der Waals surface area contributed by atoms with E-state index < -0.39 is 0 Å². The first-order valence-corrected chi connectivity index (χ1v) is 5.51. The van der Waals surface area contributed by atoms with E-state index in [-0.39, 0.29) is 0 Å². The standard InChI is InChI=1S/C12H9BrN2O/c13-10-3-1-2-4-12(10)15-11-5-6-14-7-9(11)8-16/h1-8H,(H,14,15). The molecule has 1 heterocycles. The van der Waals surface area contributed by atoms with Crippen LogP contribution in [0.3, 0.4) is 0 Å². The van der Waals surface area contributed by atoms with E-state index in [9.17, 15) is 4.79 Å². The minimum Gasteiger partial charge on any atom is -0.354 e. The molecule has 4 heteroatoms. The molecule has 0 unspecified atom stereocenters. The van der Waals surface area contributed by atoms with Crippen molar-refractivity contribution < 1.29 is 4.79 Å². The number of aromatic nitrogens is 1. The number of nitrogens with zero attached hydrogens (tertiary/aromatic N) is 1. The predicted octanol–water partition coefficient (Wildman–Crippen LogP) is 3.40. The van der Waals surface area contributed by atoms with Crippen LogP contribution in [0.25, 0.3) is 0 Å². The minimum atomic E-state index is 0.540. The summed E-state index contributed by atoms with van der Waals surface area (Å²) in [5.41, 5.74) is 2.20. The molecule has 2 rings (SSSR count). The molecule has 0 atom stereocenters. The molecule has 0 saturated heterocycles. The first kappa shape index (κ1) is 10.8. The molecule has 80 valence electrons. The molecule has 1 N–H and O–H groups in total. The van der Waals surface area contributed by atoms with E-state index in [1.807, 2.05) is 24.3 Å². The van der Waals surface area contributed by atoms with Crippen molar-refractivity contribution in [2.75, 3.05) is 5.32 Å². The average Bonchev–Trinajstić information content (AvgIpc) is 2.33. The average molecular weight is 277 g/mol. The lowest BCUT2D eigenvalue weighted by atomic mass is 10.2. The van der Waals surface area contributed by atoms with Crippen molar-refractivity contribution in [1.29, 1.82) is 0 Å². The number of hydrogen-bond acceptors (Lipinski definition) is 3. The van der Waals surface area contributed by atoms with Gasteiger partial charge in [-0.05, 0) is 34.1 Å². The van der Waals surface area contributed by atoms with Crippen LogP contribution in [0, 0.1) is 0 Å². The van der Waals surface area contributed by atoms with Gasteiger partial charge in [0, 0.05) is 16.9 Å². The van der Waals surface area contributed by atoms with Gasteiger partial charge in [-0.3, -0.25) is 9.78 Å². The van der Waals surface area contributed by atoms with Gasteiger partial charge in [-0.2, -0.15) is 0 Å². The molecule has 0 aliphatic heterocycles. The van der Waals surface area contributed by atoms with Crippen molar-refractivity contribution in [1.82, 2.24) is 4.98 Å². The van der Waals surface area contributed by atoms with Gasteiger partial charge < -0.3 is 5.32 Å². The van der Waals surface area contributed by atoms with E-state index in [4.69, 9.17) is 0 Å². The van der Waals surface area contributed by atoms with Gasteiger partial charge >= 0.3 is 0 Å². The van der Waals surface area contributed by atoms with Gasteiger partial charge in [0.25, 0.3) is 0 Å². The van der Waals surface area contributed by atoms with Crippen molar-refractivity contribution in [3.63, 3.8) is 0 Å². The molecule has 0 bridgehead atoms. The Morgan fingerprint density at radius 2 is 2.00 bits per heavy atom. The molecular formula is C12H9BrN2O. The van der Waals surface area contributed by atoms with Crippen molar-refractivity contribution in [2.45, 2.75) is 0 Å². The normalized spacial score (nSPS) is 9.81. The molecule has 0 spiro atoms. The highest BCUT2D eigenvalue weighted by Crippen LogP contribution is 2.26. The van der Waals surface area contributed by atoms with Crippen molar-refractivity contribution >= 4 is 33.6 Å². The first-order valence-electron chi connectivity index (χ1n) is 4.72. The number of benzene rings is 1. The summed E-state index contributed by atoms with van der Waals surface area (Å²) in [6, 6.07) is 9.49.